The van der Waals surface area contributed by atoms with Crippen molar-refractivity contribution < 1.29 is 54.8 Å². The van der Waals surface area contributed by atoms with Gasteiger partial charge in [0, 0.05) is 79.6 Å². The second-order valence-electron chi connectivity index (χ2n) is 15.3. The van der Waals surface area contributed by atoms with E-state index in [0.29, 0.717) is 14.7 Å². The molecule has 0 spiro atoms. The molecule has 0 bridgehead atoms. The molecule has 5 nitrogen and oxygen atoms in total. The molecule has 0 unspecified atom stereocenters. The van der Waals surface area contributed by atoms with Gasteiger partial charge in [0.2, 0.25) is 0 Å². The third-order valence-electron chi connectivity index (χ3n) is 11.5. The van der Waals surface area contributed by atoms with Gasteiger partial charge in [-0.05, 0) is 162 Å². The van der Waals surface area contributed by atoms with Gasteiger partial charge in [-0.25, -0.2) is 0 Å². The lowest BCUT2D eigenvalue weighted by Gasteiger charge is -2.45. The fraction of sp³-hybridized carbons (Fsp3) is 0. The Morgan fingerprint density at radius 1 is 0.264 bits per heavy atom. The normalized spacial score (nSPS) is 19.9. The smallest absolute Gasteiger partial charge is 0.252 e. The largest absolute Gasteiger partial charge is 0.311 e. The average Bonchev–Trinajstić information content (AvgIpc) is 0.684. The van der Waals surface area contributed by atoms with E-state index in [9.17, 15) is 27.4 Å². The number of hydrogen-bond donors (Lipinski definition) is 0. The molecule has 13 rings (SSSR count). The lowest BCUT2D eigenvalue weighted by molar-refractivity contribution is 1.22. The maximum atomic E-state index is 9.83. The molecule has 0 amide bonds. The molecule has 11 aromatic rings. The van der Waals surface area contributed by atoms with Crippen LogP contribution in [0.4, 0.5) is 85.3 Å². The van der Waals surface area contributed by atoms with E-state index < -0.39 is 339 Å². The molecule has 0 atom stereocenters. The Morgan fingerprint density at radius 3 is 0.819 bits per heavy atom. The number of nitrogens with zero attached hydrogens (tertiary/aromatic N) is 5. The van der Waals surface area contributed by atoms with Gasteiger partial charge in [0.15, 0.2) is 0 Å². The number of rotatable bonds is 11. The highest BCUT2D eigenvalue weighted by atomic mass is 15.2. The molecular weight excluding hydrogens is 874 g/mol. The van der Waals surface area contributed by atoms with Crippen molar-refractivity contribution in [3.63, 3.8) is 0 Å². The first-order chi connectivity index (χ1) is 52.3. The first kappa shape index (κ1) is 18.0. The second-order valence-corrected chi connectivity index (χ2v) is 15.3. The predicted octanol–water partition coefficient (Wildman–Crippen LogP) is 16.2. The summed E-state index contributed by atoms with van der Waals surface area (Å²) in [5.74, 6) is 0. The number of para-hydroxylation sites is 8. The highest BCUT2D eigenvalue weighted by Crippen LogP contribution is 2.49. The van der Waals surface area contributed by atoms with Crippen molar-refractivity contribution in [2.75, 3.05) is 24.5 Å². The summed E-state index contributed by atoms with van der Waals surface area (Å²) in [6.07, 6.45) is 0. The Bertz CT molecular complexity index is 5390. The van der Waals surface area contributed by atoms with Gasteiger partial charge in [-0.15, -0.1) is 0 Å². The van der Waals surface area contributed by atoms with Gasteiger partial charge in [0.25, 0.3) is 6.71 Å². The lowest BCUT2D eigenvalue weighted by atomic mass is 9.33. The predicted molar refractivity (Wildman–Crippen MR) is 305 cm³/mol. The molecule has 0 N–H and O–H groups in total. The van der Waals surface area contributed by atoms with Crippen LogP contribution in [-0.2, 0) is 0 Å². The maximum Gasteiger partial charge on any atom is 0.252 e. The molecule has 0 radical (unpaired) electrons. The van der Waals surface area contributed by atoms with Gasteiger partial charge >= 0.3 is 0 Å². The molecule has 72 heavy (non-hydrogen) atoms. The molecule has 6 heteroatoms. The van der Waals surface area contributed by atoms with E-state index in [2.05, 4.69) is 0 Å². The van der Waals surface area contributed by atoms with E-state index in [1.54, 1.807) is 0 Å². The van der Waals surface area contributed by atoms with Crippen molar-refractivity contribution >= 4 is 108 Å². The van der Waals surface area contributed by atoms with Crippen LogP contribution in [0, 0.1) is 0 Å². The molecule has 0 saturated carbocycles. The van der Waals surface area contributed by atoms with Gasteiger partial charge in [0.1, 0.15) is 0 Å². The Hall–Kier alpha value is -9.52. The van der Waals surface area contributed by atoms with Crippen molar-refractivity contribution in [3.05, 3.63) is 290 Å². The molecule has 2 aliphatic rings. The molecule has 0 saturated heterocycles. The topological polar surface area (TPSA) is 16.2 Å². The third kappa shape index (κ3) is 7.54. The van der Waals surface area contributed by atoms with E-state index in [1.165, 1.54) is 0 Å². The summed E-state index contributed by atoms with van der Waals surface area (Å²) in [6.45, 7) is -1.93. The first-order valence-corrected chi connectivity index (χ1v) is 21.4. The van der Waals surface area contributed by atoms with Crippen LogP contribution in [0.25, 0.3) is 0 Å². The standard InChI is InChI=1S/C66H48BN5/c1-9-25-49(26-10-1)68(50-27-11-2-12-28-50)57-41-43-62-60(45-57)67-61-46-58(69(51-29-13-3-14-30-51)52-31-15-4-16-32-52)42-44-63(61)72(56-39-23-8-24-40-56)65-48-59(47-64(66(65)67)71(62)55-37-21-7-22-38-55)70(53-33-17-5-18-34-53)54-35-19-6-20-36-54/h1-48H/i1D,2D,3D,4D,5D,6D,7D,8D,9D,10D,11D,12D,13D,14D,15D,16D,17D,18D,19D,20D,21D,22D,23D,24D,25D,26D,27D,28D,29D,30D,31D,32D,33D,34D,35D,36D,37D,38D,39D,40D. The van der Waals surface area contributed by atoms with Gasteiger partial charge in [-0.2, -0.15) is 0 Å². The summed E-state index contributed by atoms with van der Waals surface area (Å²) in [6, 6.07) is -33.1. The van der Waals surface area contributed by atoms with Crippen molar-refractivity contribution in [3.8, 4) is 0 Å². The maximum absolute atomic E-state index is 9.83. The monoisotopic (exact) mass is 962 g/mol. The zero-order valence-electron chi connectivity index (χ0n) is 76.4. The summed E-state index contributed by atoms with van der Waals surface area (Å²) in [5.41, 5.74) is -11.9. The number of fused-ring (bicyclic) bond motifs is 4. The summed E-state index contributed by atoms with van der Waals surface area (Å²) >= 11 is 0. The highest BCUT2D eigenvalue weighted by Gasteiger charge is 2.45. The van der Waals surface area contributed by atoms with Crippen LogP contribution in [-0.4, -0.2) is 6.71 Å². The lowest BCUT2D eigenvalue weighted by Crippen LogP contribution is -2.61. The SMILES string of the molecule is [2H]c1c([2H])c([2H])c(N2c3ccc(N(c4c([2H])c([2H])c([2H])c([2H])c4[2H])c4c([2H])c([2H])c([2H])c([2H])c4[2H])cc3B3c4cc(N(c5c([2H])c([2H])c([2H])c([2H])c5[2H])c5c([2H])c([2H])c([2H])c([2H])c5[2H])ccc4N(c4c([2H])c([2H])c([2H])c([2H])c4[2H])c4cc(N(c5c([2H])c([2H])c([2H])c([2H])c5[2H])c5c([2H])c([2H])c([2H])c([2H])c5[2H])cc2c43)c([2H])c1[2H]. The minimum absolute atomic E-state index is 0.347. The summed E-state index contributed by atoms with van der Waals surface area (Å²) in [4.78, 5) is 3.98. The number of hydrogen-bond acceptors (Lipinski definition) is 5. The van der Waals surface area contributed by atoms with E-state index in [-0.39, 0.29) is 10.9 Å². The fourth-order valence-electron chi connectivity index (χ4n) is 8.81. The average molecular weight is 962 g/mol. The molecule has 0 aromatic heterocycles. The highest BCUT2D eigenvalue weighted by molar-refractivity contribution is 7.00. The minimum Gasteiger partial charge on any atom is -0.311 e. The Morgan fingerprint density at radius 2 is 0.528 bits per heavy atom. The van der Waals surface area contributed by atoms with Crippen molar-refractivity contribution in [2.45, 2.75) is 0 Å². The van der Waals surface area contributed by atoms with E-state index in [4.69, 9.17) is 27.4 Å². The molecule has 340 valence electrons. The van der Waals surface area contributed by atoms with Gasteiger partial charge in [0.05, 0.1) is 60.5 Å². The zero-order valence-corrected chi connectivity index (χ0v) is 36.4. The van der Waals surface area contributed by atoms with E-state index >= 15 is 0 Å². The summed E-state index contributed by atoms with van der Waals surface area (Å²) < 4.78 is 367. The third-order valence-corrected chi connectivity index (χ3v) is 11.5. The van der Waals surface area contributed by atoms with Crippen LogP contribution in [0.15, 0.2) is 290 Å². The van der Waals surface area contributed by atoms with Crippen molar-refractivity contribution in [1.29, 1.82) is 0 Å². The Labute approximate surface area is 478 Å². The number of benzene rings is 11. The quantitative estimate of drug-likeness (QED) is 0.120. The van der Waals surface area contributed by atoms with Crippen LogP contribution >= 0.6 is 0 Å². The van der Waals surface area contributed by atoms with Crippen molar-refractivity contribution in [1.82, 2.24) is 0 Å². The fourth-order valence-corrected chi connectivity index (χ4v) is 8.81. The summed E-state index contributed by atoms with van der Waals surface area (Å²) in [5, 5.41) is 0. The van der Waals surface area contributed by atoms with Gasteiger partial charge in [-0.1, -0.05) is 145 Å². The minimum atomic E-state index is -1.93. The van der Waals surface area contributed by atoms with Crippen LogP contribution in [0.2, 0.25) is 0 Å². The number of anilines is 15. The zero-order chi connectivity index (χ0) is 82.6. The van der Waals surface area contributed by atoms with E-state index in [0.717, 1.165) is 58.3 Å². The molecule has 0 aliphatic carbocycles. The second kappa shape index (κ2) is 18.4. The van der Waals surface area contributed by atoms with E-state index in [1.807, 2.05) is 0 Å². The molecule has 2 aliphatic heterocycles. The molecule has 11 aromatic carbocycles. The van der Waals surface area contributed by atoms with Crippen LogP contribution in [0.5, 0.6) is 0 Å². The molecule has 2 heterocycles. The Kier molecular flexibility index (Phi) is 4.61. The van der Waals surface area contributed by atoms with Crippen LogP contribution < -0.4 is 40.9 Å². The first-order valence-electron chi connectivity index (χ1n) is 41.4. The van der Waals surface area contributed by atoms with Gasteiger partial charge in [-0.3, -0.25) is 0 Å². The Balaban J connectivity index is 1.33. The van der Waals surface area contributed by atoms with Crippen LogP contribution in [0.1, 0.15) is 54.8 Å². The molecule has 0 fully saturated rings. The van der Waals surface area contributed by atoms with Crippen molar-refractivity contribution in [2.24, 2.45) is 0 Å². The summed E-state index contributed by atoms with van der Waals surface area (Å²) in [7, 11) is 0. The molecular formula is C66H48BN5. The van der Waals surface area contributed by atoms with Gasteiger partial charge < -0.3 is 24.5 Å². The van der Waals surface area contributed by atoms with Crippen LogP contribution in [0.3, 0.4) is 0 Å².